The Hall–Kier alpha value is -3.46. The number of nitrogens with one attached hydrogen (secondary N) is 2. The van der Waals surface area contributed by atoms with E-state index in [-0.39, 0.29) is 16.7 Å². The van der Waals surface area contributed by atoms with Crippen molar-refractivity contribution in [2.24, 2.45) is 0 Å². The molecule has 0 spiro atoms. The van der Waals surface area contributed by atoms with Crippen LogP contribution in [-0.4, -0.2) is 29.0 Å². The molecule has 142 valence electrons. The van der Waals surface area contributed by atoms with Crippen LogP contribution in [0.25, 0.3) is 16.6 Å². The summed E-state index contributed by atoms with van der Waals surface area (Å²) in [5.41, 5.74) is 2.31. The number of rotatable bonds is 6. The second-order valence-electron chi connectivity index (χ2n) is 5.89. The molecule has 0 fully saturated rings. The molecule has 4 rings (SSSR count). The van der Waals surface area contributed by atoms with Crippen molar-refractivity contribution < 1.29 is 23.8 Å². The van der Waals surface area contributed by atoms with E-state index in [1.54, 1.807) is 31.4 Å². The van der Waals surface area contributed by atoms with Gasteiger partial charge in [-0.25, -0.2) is 0 Å². The predicted octanol–water partition coefficient (Wildman–Crippen LogP) is 2.25. The quantitative estimate of drug-likeness (QED) is 0.382. The number of nitrogens with zero attached hydrogens (tertiary/aromatic N) is 2. The molecule has 0 saturated heterocycles. The fourth-order valence-corrected chi connectivity index (χ4v) is 3.47. The van der Waals surface area contributed by atoms with Crippen LogP contribution in [0.4, 0.5) is 5.69 Å². The van der Waals surface area contributed by atoms with Gasteiger partial charge < -0.3 is 24.7 Å². The minimum atomic E-state index is -0.595. The average Bonchev–Trinajstić information content (AvgIpc) is 3.32. The number of H-pyrrole nitrogens is 1. The second kappa shape index (κ2) is 7.65. The maximum atomic E-state index is 12.3. The first kappa shape index (κ1) is 17.9. The molecule has 0 atom stereocenters. The normalized spacial score (nSPS) is 10.9. The Morgan fingerprint density at radius 1 is 1.29 bits per heavy atom. The van der Waals surface area contributed by atoms with Crippen LogP contribution in [0.3, 0.4) is 0 Å². The summed E-state index contributed by atoms with van der Waals surface area (Å²) < 4.78 is 11.3. The lowest BCUT2D eigenvalue weighted by Crippen LogP contribution is -2.35. The molecule has 0 unspecified atom stereocenters. The second-order valence-corrected chi connectivity index (χ2v) is 6.86. The molecular weight excluding hydrogens is 380 g/mol. The molecule has 8 nitrogen and oxygen atoms in total. The Labute approximate surface area is 164 Å². The lowest BCUT2D eigenvalue weighted by molar-refractivity contribution is -0.705. The highest BCUT2D eigenvalue weighted by Crippen LogP contribution is 2.24. The Morgan fingerprint density at radius 3 is 2.89 bits per heavy atom. The first-order valence-corrected chi connectivity index (χ1v) is 9.36. The van der Waals surface area contributed by atoms with Crippen LogP contribution < -0.4 is 19.8 Å². The maximum Gasteiger partial charge on any atom is 0.298 e. The zero-order valence-electron chi connectivity index (χ0n) is 14.8. The predicted molar refractivity (Wildman–Crippen MR) is 102 cm³/mol. The van der Waals surface area contributed by atoms with Crippen LogP contribution in [0.2, 0.25) is 0 Å². The van der Waals surface area contributed by atoms with Gasteiger partial charge in [-0.15, -0.1) is 0 Å². The Morgan fingerprint density at radius 2 is 2.11 bits per heavy atom. The molecule has 2 N–H and O–H groups in total. The van der Waals surface area contributed by atoms with Gasteiger partial charge in [0.1, 0.15) is 5.75 Å². The van der Waals surface area contributed by atoms with Gasteiger partial charge in [0.25, 0.3) is 5.03 Å². The SMILES string of the molecule is COc1ccc(-[n+]2noc([O-])c2SCC(=O)Nc2ccc3[nH]ccc3c2)cc1. The number of thioether (sulfide) groups is 1. The van der Waals surface area contributed by atoms with Crippen molar-refractivity contribution in [1.29, 1.82) is 0 Å². The summed E-state index contributed by atoms with van der Waals surface area (Å²) in [5.74, 6) is -0.107. The zero-order chi connectivity index (χ0) is 19.5. The van der Waals surface area contributed by atoms with E-state index in [9.17, 15) is 9.90 Å². The highest BCUT2D eigenvalue weighted by molar-refractivity contribution is 7.99. The van der Waals surface area contributed by atoms with Crippen LogP contribution in [0.1, 0.15) is 0 Å². The van der Waals surface area contributed by atoms with Crippen LogP contribution in [0.5, 0.6) is 11.7 Å². The van der Waals surface area contributed by atoms with E-state index in [0.29, 0.717) is 17.1 Å². The number of anilines is 1. The Balaban J connectivity index is 1.45. The molecule has 0 saturated carbocycles. The molecule has 9 heteroatoms. The third-order valence-corrected chi connectivity index (χ3v) is 5.09. The molecule has 2 aromatic carbocycles. The van der Waals surface area contributed by atoms with Gasteiger partial charge in [-0.2, -0.15) is 0 Å². The molecule has 28 heavy (non-hydrogen) atoms. The van der Waals surface area contributed by atoms with E-state index in [1.807, 2.05) is 30.5 Å². The van der Waals surface area contributed by atoms with Crippen molar-refractivity contribution in [2.45, 2.75) is 5.03 Å². The van der Waals surface area contributed by atoms with E-state index in [2.05, 4.69) is 15.6 Å². The fraction of sp³-hybridized carbons (Fsp3) is 0.105. The number of amides is 1. The topological polar surface area (TPSA) is 107 Å². The first-order chi connectivity index (χ1) is 13.6. The molecule has 0 aliphatic rings. The summed E-state index contributed by atoms with van der Waals surface area (Å²) in [6, 6.07) is 14.5. The summed E-state index contributed by atoms with van der Waals surface area (Å²) in [7, 11) is 1.57. The number of hydrogen-bond acceptors (Lipinski definition) is 6. The standard InChI is InChI=1S/C19H16N4O4S/c1-26-15-5-3-14(4-6-15)23-18(19(25)27-22-23)28-11-17(24)21-13-2-7-16-12(10-13)8-9-20-16/h2-10,22,25H,11H2,1H3. The molecule has 0 radical (unpaired) electrons. The molecule has 0 bridgehead atoms. The fourth-order valence-electron chi connectivity index (χ4n) is 2.71. The van der Waals surface area contributed by atoms with Gasteiger partial charge >= 0.3 is 0 Å². The van der Waals surface area contributed by atoms with Gasteiger partial charge in [-0.05, 0) is 52.8 Å². The highest BCUT2D eigenvalue weighted by Gasteiger charge is 2.22. The number of carbonyl (C=O) groups is 1. The van der Waals surface area contributed by atoms with Crippen LogP contribution >= 0.6 is 11.8 Å². The van der Waals surface area contributed by atoms with E-state index >= 15 is 0 Å². The largest absolute Gasteiger partial charge is 0.538 e. The lowest BCUT2D eigenvalue weighted by atomic mass is 10.2. The first-order valence-electron chi connectivity index (χ1n) is 8.37. The van der Waals surface area contributed by atoms with Gasteiger partial charge in [-0.3, -0.25) is 4.79 Å². The number of hydrogen-bond donors (Lipinski definition) is 2. The summed E-state index contributed by atoms with van der Waals surface area (Å²) >= 11 is 1.06. The lowest BCUT2D eigenvalue weighted by Gasteiger charge is -2.04. The highest BCUT2D eigenvalue weighted by atomic mass is 32.2. The third kappa shape index (κ3) is 3.65. The van der Waals surface area contributed by atoms with Crippen molar-refractivity contribution in [3.05, 3.63) is 54.7 Å². The Kier molecular flexibility index (Phi) is 4.90. The third-order valence-electron chi connectivity index (χ3n) is 4.07. The molecular formula is C19H16N4O4S. The smallest absolute Gasteiger partial charge is 0.298 e. The number of methoxy groups -OCH3 is 1. The molecule has 1 amide bonds. The van der Waals surface area contributed by atoms with Gasteiger partial charge in [0, 0.05) is 34.9 Å². The van der Waals surface area contributed by atoms with Crippen molar-refractivity contribution in [3.8, 4) is 17.4 Å². The summed E-state index contributed by atoms with van der Waals surface area (Å²) in [5, 5.41) is 19.8. The number of fused-ring (bicyclic) bond motifs is 1. The summed E-state index contributed by atoms with van der Waals surface area (Å²) in [6.45, 7) is 0. The van der Waals surface area contributed by atoms with Crippen molar-refractivity contribution in [2.75, 3.05) is 18.2 Å². The van der Waals surface area contributed by atoms with Crippen molar-refractivity contribution in [3.63, 3.8) is 0 Å². The minimum Gasteiger partial charge on any atom is -0.538 e. The van der Waals surface area contributed by atoms with Crippen LogP contribution in [0.15, 0.2) is 64.3 Å². The minimum absolute atomic E-state index is 0.0395. The van der Waals surface area contributed by atoms with E-state index < -0.39 is 5.95 Å². The monoisotopic (exact) mass is 396 g/mol. The molecule has 0 aliphatic carbocycles. The van der Waals surface area contributed by atoms with Gasteiger partial charge in [0.15, 0.2) is 5.95 Å². The molecule has 4 aromatic rings. The van der Waals surface area contributed by atoms with Gasteiger partial charge in [0.2, 0.25) is 11.6 Å². The van der Waals surface area contributed by atoms with Crippen LogP contribution in [-0.2, 0) is 4.79 Å². The summed E-state index contributed by atoms with van der Waals surface area (Å²) in [4.78, 5) is 15.4. The number of ether oxygens (including phenoxy) is 1. The zero-order valence-corrected chi connectivity index (χ0v) is 15.7. The maximum absolute atomic E-state index is 12.3. The molecule has 2 aromatic heterocycles. The van der Waals surface area contributed by atoms with Gasteiger partial charge in [-0.1, -0.05) is 0 Å². The van der Waals surface area contributed by atoms with E-state index in [0.717, 1.165) is 22.7 Å². The molecule has 2 heterocycles. The van der Waals surface area contributed by atoms with E-state index in [4.69, 9.17) is 9.26 Å². The number of benzene rings is 2. The van der Waals surface area contributed by atoms with Crippen molar-refractivity contribution >= 4 is 34.3 Å². The molecule has 0 aliphatic heterocycles. The van der Waals surface area contributed by atoms with E-state index in [1.165, 1.54) is 4.68 Å². The Bertz CT molecular complexity index is 1120. The number of carbonyl (C=O) groups excluding carboxylic acids is 1. The van der Waals surface area contributed by atoms with Gasteiger partial charge in [0.05, 0.1) is 18.1 Å². The average molecular weight is 396 g/mol. The van der Waals surface area contributed by atoms with Crippen LogP contribution in [0, 0.1) is 0 Å². The summed E-state index contributed by atoms with van der Waals surface area (Å²) in [6.07, 6.45) is 1.84. The number of aromatic nitrogens is 3. The van der Waals surface area contributed by atoms with Crippen molar-refractivity contribution in [1.82, 2.24) is 10.3 Å². The number of aromatic amines is 1.